The lowest BCUT2D eigenvalue weighted by Crippen LogP contribution is -2.51. The topological polar surface area (TPSA) is 58.6 Å². The van der Waals surface area contributed by atoms with Crippen LogP contribution < -0.4 is 5.32 Å². The Kier molecular flexibility index (Phi) is 3.69. The summed E-state index contributed by atoms with van der Waals surface area (Å²) in [6, 6.07) is 0.375. The van der Waals surface area contributed by atoms with Gasteiger partial charge in [0.1, 0.15) is 0 Å². The van der Waals surface area contributed by atoms with Crippen LogP contribution in [0.4, 0.5) is 0 Å². The maximum Gasteiger partial charge on any atom is 0.308 e. The fourth-order valence-corrected chi connectivity index (χ4v) is 1.66. The smallest absolute Gasteiger partial charge is 0.308 e. The number of nitrogens with one attached hydrogen (secondary N) is 1. The second-order valence-corrected chi connectivity index (χ2v) is 3.65. The van der Waals surface area contributed by atoms with Gasteiger partial charge in [-0.15, -0.1) is 0 Å². The van der Waals surface area contributed by atoms with Crippen molar-refractivity contribution in [1.29, 1.82) is 0 Å². The molecule has 0 radical (unpaired) electrons. The zero-order valence-corrected chi connectivity index (χ0v) is 8.12. The highest BCUT2D eigenvalue weighted by Gasteiger charge is 2.36. The average molecular weight is 187 g/mol. The summed E-state index contributed by atoms with van der Waals surface area (Å²) in [5, 5.41) is 12.0. The number of aliphatic carboxylic acids is 1. The van der Waals surface area contributed by atoms with Crippen molar-refractivity contribution in [3.63, 3.8) is 0 Å². The van der Waals surface area contributed by atoms with Crippen molar-refractivity contribution < 1.29 is 14.6 Å². The molecule has 1 saturated carbocycles. The van der Waals surface area contributed by atoms with Gasteiger partial charge in [0.15, 0.2) is 0 Å². The second-order valence-electron chi connectivity index (χ2n) is 3.65. The Bertz CT molecular complexity index is 184. The monoisotopic (exact) mass is 187 g/mol. The number of carbonyl (C=O) groups is 1. The van der Waals surface area contributed by atoms with E-state index in [9.17, 15) is 4.79 Å². The van der Waals surface area contributed by atoms with Crippen molar-refractivity contribution in [3.8, 4) is 0 Å². The van der Waals surface area contributed by atoms with E-state index in [1.165, 1.54) is 0 Å². The summed E-state index contributed by atoms with van der Waals surface area (Å²) in [5.74, 6) is -0.882. The lowest BCUT2D eigenvalue weighted by Gasteiger charge is -2.36. The van der Waals surface area contributed by atoms with E-state index in [4.69, 9.17) is 9.84 Å². The summed E-state index contributed by atoms with van der Waals surface area (Å²) in [7, 11) is 1.65. The highest BCUT2D eigenvalue weighted by molar-refractivity contribution is 5.72. The van der Waals surface area contributed by atoms with Crippen LogP contribution in [0.15, 0.2) is 0 Å². The van der Waals surface area contributed by atoms with Gasteiger partial charge in [0.05, 0.1) is 12.5 Å². The summed E-state index contributed by atoms with van der Waals surface area (Å²) in [6.45, 7) is 2.63. The Morgan fingerprint density at radius 2 is 2.38 bits per heavy atom. The minimum absolute atomic E-state index is 0.141. The number of methoxy groups -OCH3 is 1. The van der Waals surface area contributed by atoms with Gasteiger partial charge in [-0.25, -0.2) is 0 Å². The van der Waals surface area contributed by atoms with Crippen molar-refractivity contribution >= 4 is 5.97 Å². The fourth-order valence-electron chi connectivity index (χ4n) is 1.66. The molecule has 1 aliphatic rings. The molecule has 3 unspecified atom stereocenters. The summed E-state index contributed by atoms with van der Waals surface area (Å²) >= 11 is 0. The molecule has 13 heavy (non-hydrogen) atoms. The largest absolute Gasteiger partial charge is 0.481 e. The molecule has 0 amide bonds. The molecule has 0 bridgehead atoms. The molecule has 2 N–H and O–H groups in total. The van der Waals surface area contributed by atoms with Crippen LogP contribution in [0, 0.1) is 5.92 Å². The summed E-state index contributed by atoms with van der Waals surface area (Å²) in [6.07, 6.45) is 1.76. The second kappa shape index (κ2) is 4.58. The van der Waals surface area contributed by atoms with Gasteiger partial charge in [-0.1, -0.05) is 0 Å². The van der Waals surface area contributed by atoms with Crippen LogP contribution in [0.1, 0.15) is 19.8 Å². The first-order chi connectivity index (χ1) is 6.15. The molecule has 0 aliphatic heterocycles. The van der Waals surface area contributed by atoms with Crippen molar-refractivity contribution in [2.45, 2.75) is 31.8 Å². The third kappa shape index (κ3) is 2.67. The molecule has 0 aromatic rings. The van der Waals surface area contributed by atoms with Crippen molar-refractivity contribution in [3.05, 3.63) is 0 Å². The van der Waals surface area contributed by atoms with Gasteiger partial charge >= 0.3 is 5.97 Å². The molecule has 76 valence electrons. The molecular weight excluding hydrogens is 170 g/mol. The summed E-state index contributed by atoms with van der Waals surface area (Å²) in [5.41, 5.74) is 0. The van der Waals surface area contributed by atoms with Crippen molar-refractivity contribution in [2.24, 2.45) is 5.92 Å². The molecule has 1 fully saturated rings. The van der Waals surface area contributed by atoms with E-state index in [2.05, 4.69) is 5.32 Å². The Hall–Kier alpha value is -0.610. The number of rotatable bonds is 5. The van der Waals surface area contributed by atoms with Crippen LogP contribution in [0.2, 0.25) is 0 Å². The van der Waals surface area contributed by atoms with E-state index >= 15 is 0 Å². The summed E-state index contributed by atoms with van der Waals surface area (Å²) in [4.78, 5) is 10.7. The molecule has 0 saturated heterocycles. The predicted octanol–water partition coefficient (Wildman–Crippen LogP) is 0.474. The van der Waals surface area contributed by atoms with E-state index in [1.54, 1.807) is 7.11 Å². The van der Waals surface area contributed by atoms with Crippen LogP contribution in [-0.4, -0.2) is 36.9 Å². The van der Waals surface area contributed by atoms with Crippen LogP contribution in [0.3, 0.4) is 0 Å². The Labute approximate surface area is 78.3 Å². The first-order valence-electron chi connectivity index (χ1n) is 4.63. The predicted molar refractivity (Wildman–Crippen MR) is 48.6 cm³/mol. The van der Waals surface area contributed by atoms with E-state index in [-0.39, 0.29) is 18.0 Å². The molecule has 3 atom stereocenters. The molecule has 0 aromatic carbocycles. The quantitative estimate of drug-likeness (QED) is 0.657. The average Bonchev–Trinajstić information content (AvgIpc) is 1.97. The molecule has 0 spiro atoms. The molecule has 1 aliphatic carbocycles. The zero-order valence-electron chi connectivity index (χ0n) is 8.12. The van der Waals surface area contributed by atoms with Gasteiger partial charge in [-0.3, -0.25) is 4.79 Å². The fraction of sp³-hybridized carbons (Fsp3) is 0.889. The van der Waals surface area contributed by atoms with Crippen LogP contribution in [0.5, 0.6) is 0 Å². The standard InChI is InChI=1S/C9H17NO3/c1-6(5-13-2)10-8-4-3-7(8)9(11)12/h6-8,10H,3-5H2,1-2H3,(H,11,12). The maximum atomic E-state index is 10.7. The number of hydrogen-bond acceptors (Lipinski definition) is 3. The lowest BCUT2D eigenvalue weighted by molar-refractivity contribution is -0.146. The van der Waals surface area contributed by atoms with Gasteiger partial charge in [0, 0.05) is 19.2 Å². The highest BCUT2D eigenvalue weighted by Crippen LogP contribution is 2.27. The number of carboxylic acid groups (broad SMARTS) is 1. The third-order valence-corrected chi connectivity index (χ3v) is 2.51. The van der Waals surface area contributed by atoms with Gasteiger partial charge in [-0.05, 0) is 19.8 Å². The lowest BCUT2D eigenvalue weighted by atomic mass is 9.79. The number of hydrogen-bond donors (Lipinski definition) is 2. The normalized spacial score (nSPS) is 29.4. The van der Waals surface area contributed by atoms with E-state index in [0.717, 1.165) is 12.8 Å². The van der Waals surface area contributed by atoms with Crippen molar-refractivity contribution in [2.75, 3.05) is 13.7 Å². The van der Waals surface area contributed by atoms with Crippen LogP contribution >= 0.6 is 0 Å². The SMILES string of the molecule is COCC(C)NC1CCC1C(=O)O. The molecule has 0 aromatic heterocycles. The van der Waals surface area contributed by atoms with Gasteiger partial charge < -0.3 is 15.2 Å². The first kappa shape index (κ1) is 10.5. The third-order valence-electron chi connectivity index (χ3n) is 2.51. The van der Waals surface area contributed by atoms with E-state index in [1.807, 2.05) is 6.92 Å². The molecule has 4 heteroatoms. The highest BCUT2D eigenvalue weighted by atomic mass is 16.5. The van der Waals surface area contributed by atoms with Crippen LogP contribution in [-0.2, 0) is 9.53 Å². The summed E-state index contributed by atoms with van der Waals surface area (Å²) < 4.78 is 4.96. The Morgan fingerprint density at radius 1 is 1.69 bits per heavy atom. The first-order valence-corrected chi connectivity index (χ1v) is 4.63. The van der Waals surface area contributed by atoms with Crippen LogP contribution in [0.25, 0.3) is 0 Å². The molecular formula is C9H17NO3. The molecule has 4 nitrogen and oxygen atoms in total. The minimum atomic E-state index is -0.687. The van der Waals surface area contributed by atoms with Gasteiger partial charge in [0.2, 0.25) is 0 Å². The van der Waals surface area contributed by atoms with E-state index in [0.29, 0.717) is 6.61 Å². The minimum Gasteiger partial charge on any atom is -0.481 e. The van der Waals surface area contributed by atoms with Gasteiger partial charge in [0.25, 0.3) is 0 Å². The molecule has 1 rings (SSSR count). The van der Waals surface area contributed by atoms with E-state index < -0.39 is 5.97 Å². The Balaban J connectivity index is 2.25. The Morgan fingerprint density at radius 3 is 2.77 bits per heavy atom. The number of carboxylic acids is 1. The van der Waals surface area contributed by atoms with Crippen molar-refractivity contribution in [1.82, 2.24) is 5.32 Å². The molecule has 0 heterocycles. The van der Waals surface area contributed by atoms with Gasteiger partial charge in [-0.2, -0.15) is 0 Å². The maximum absolute atomic E-state index is 10.7. The zero-order chi connectivity index (χ0) is 9.84. The number of ether oxygens (including phenoxy) is 1.